The summed E-state index contributed by atoms with van der Waals surface area (Å²) in [6.07, 6.45) is 74.2. The van der Waals surface area contributed by atoms with Gasteiger partial charge in [-0.2, -0.15) is 0 Å². The van der Waals surface area contributed by atoms with Gasteiger partial charge in [-0.3, -0.25) is 4.79 Å². The minimum absolute atomic E-state index is 0.245. The van der Waals surface area contributed by atoms with E-state index in [0.717, 1.165) is 57.8 Å². The molecule has 2 aliphatic rings. The average Bonchev–Trinajstić information content (AvgIpc) is 0.797. The Hall–Kier alpha value is -2.57. The minimum Gasteiger partial charge on any atom is -0.394 e. The number of amides is 1. The molecule has 0 bridgehead atoms. The van der Waals surface area contributed by atoms with Gasteiger partial charge in [-0.15, -0.1) is 0 Å². The van der Waals surface area contributed by atoms with Gasteiger partial charge in [0, 0.05) is 6.42 Å². The third kappa shape index (κ3) is 48.3. The van der Waals surface area contributed by atoms with Crippen LogP contribution in [0, 0.1) is 0 Å². The minimum atomic E-state index is -1.79. The van der Waals surface area contributed by atoms with Crippen molar-refractivity contribution in [2.45, 2.75) is 421 Å². The van der Waals surface area contributed by atoms with Crippen LogP contribution >= 0.6 is 0 Å². The van der Waals surface area contributed by atoms with Crippen molar-refractivity contribution in [3.8, 4) is 0 Å². The zero-order valence-corrected chi connectivity index (χ0v) is 61.4. The van der Waals surface area contributed by atoms with Crippen LogP contribution in [0.25, 0.3) is 0 Å². The Morgan fingerprint density at radius 1 is 0.385 bits per heavy atom. The summed E-state index contributed by atoms with van der Waals surface area (Å²) in [5.74, 6) is -0.245. The monoisotopic (exact) mass is 1360 g/mol. The highest BCUT2D eigenvalue weighted by Gasteiger charge is 2.51. The number of aliphatic hydroxyl groups is 8. The smallest absolute Gasteiger partial charge is 0.220 e. The first-order chi connectivity index (χ1) is 47.1. The molecule has 2 fully saturated rings. The molecule has 2 rings (SSSR count). The number of ether oxygens (including phenoxy) is 4. The molecule has 14 nitrogen and oxygen atoms in total. The molecule has 1 amide bonds. The second kappa shape index (κ2) is 65.7. The first-order valence-corrected chi connectivity index (χ1v) is 40.2. The van der Waals surface area contributed by atoms with Gasteiger partial charge in [0.2, 0.25) is 5.91 Å². The van der Waals surface area contributed by atoms with Crippen LogP contribution in [0.5, 0.6) is 0 Å². The Labute approximate surface area is 587 Å². The van der Waals surface area contributed by atoms with Crippen LogP contribution in [0.4, 0.5) is 0 Å². The predicted octanol–water partition coefficient (Wildman–Crippen LogP) is 18.1. The zero-order chi connectivity index (χ0) is 69.4. The van der Waals surface area contributed by atoms with Gasteiger partial charge in [0.25, 0.3) is 0 Å². The van der Waals surface area contributed by atoms with Crippen molar-refractivity contribution >= 4 is 5.91 Å². The van der Waals surface area contributed by atoms with Crippen LogP contribution in [-0.4, -0.2) is 140 Å². The zero-order valence-electron chi connectivity index (χ0n) is 61.4. The van der Waals surface area contributed by atoms with Crippen LogP contribution in [0.3, 0.4) is 0 Å². The van der Waals surface area contributed by atoms with E-state index in [4.69, 9.17) is 18.9 Å². The number of rotatable bonds is 67. The van der Waals surface area contributed by atoms with Gasteiger partial charge in [0.15, 0.2) is 12.6 Å². The maximum absolute atomic E-state index is 13.4. The largest absolute Gasteiger partial charge is 0.394 e. The highest BCUT2D eigenvalue weighted by molar-refractivity contribution is 5.76. The quantitative estimate of drug-likeness (QED) is 0.0204. The van der Waals surface area contributed by atoms with Gasteiger partial charge in [-0.1, -0.05) is 344 Å². The van der Waals surface area contributed by atoms with E-state index < -0.39 is 86.8 Å². The van der Waals surface area contributed by atoms with Crippen molar-refractivity contribution in [3.05, 3.63) is 72.9 Å². The standard InChI is InChI=1S/C82H149NO13/c1-3-5-7-9-11-13-15-17-19-21-23-25-27-29-31-33-35-37-39-41-43-45-47-49-51-53-55-57-59-61-63-65-71(86)70(69-93-81-79(92)77(90)80(73(68-85)95-81)96-82-78(91)76(89)75(88)72(67-84)94-82)83-74(87)66-64-62-60-58-56-54-52-50-48-46-44-42-40-38-36-34-32-30-28-26-24-22-20-18-16-14-12-10-8-6-4-2/h6,8,12,14,18,20,24,26,55,57,63,65,70-73,75-82,84-86,88-92H,3-5,7,9-11,13,15-17,19,21-23,25,27-54,56,58-62,64,66-69H2,1-2H3,(H,83,87)/b8-6-,14-12-,20-18-,26-24-,57-55+,65-63+. The SMILES string of the molecule is CC/C=C\C/C=C\C/C=C\C/C=C\CCCCCCCCCCCCCCCCCCCCC(=O)NC(COC1OC(CO)C(OC2OC(CO)C(O)C(O)C2O)C(O)C1O)C(O)/C=C/CC/C=C/CCCCCCCCCCCCCCCCCCCCCCCCCCC. The Kier molecular flexibility index (Phi) is 61.3. The fourth-order valence-corrected chi connectivity index (χ4v) is 13.1. The lowest BCUT2D eigenvalue weighted by Gasteiger charge is -2.46. The lowest BCUT2D eigenvalue weighted by Crippen LogP contribution is -2.65. The molecular formula is C82H149NO13. The molecular weight excluding hydrogens is 1210 g/mol. The fourth-order valence-electron chi connectivity index (χ4n) is 13.1. The summed E-state index contributed by atoms with van der Waals surface area (Å²) in [6, 6.07) is -0.936. The Morgan fingerprint density at radius 3 is 1.15 bits per heavy atom. The highest BCUT2D eigenvalue weighted by atomic mass is 16.7. The van der Waals surface area contributed by atoms with E-state index in [1.54, 1.807) is 6.08 Å². The molecule has 12 unspecified atom stereocenters. The number of unbranched alkanes of at least 4 members (excludes halogenated alkanes) is 44. The lowest BCUT2D eigenvalue weighted by molar-refractivity contribution is -0.359. The topological polar surface area (TPSA) is 228 Å². The number of aliphatic hydroxyl groups excluding tert-OH is 8. The first-order valence-electron chi connectivity index (χ1n) is 40.2. The molecule has 0 aromatic rings. The number of hydrogen-bond donors (Lipinski definition) is 9. The van der Waals surface area contributed by atoms with Crippen LogP contribution < -0.4 is 5.32 Å². The normalized spacial score (nSPS) is 22.6. The molecule has 96 heavy (non-hydrogen) atoms. The fraction of sp³-hybridized carbons (Fsp3) is 0.841. The number of nitrogens with one attached hydrogen (secondary N) is 1. The third-order valence-corrected chi connectivity index (χ3v) is 19.4. The van der Waals surface area contributed by atoms with Crippen molar-refractivity contribution in [1.82, 2.24) is 5.32 Å². The number of carbonyl (C=O) groups is 1. The van der Waals surface area contributed by atoms with E-state index in [2.05, 4.69) is 79.9 Å². The molecule has 0 radical (unpaired) electrons. The number of carbonyl (C=O) groups excluding carboxylic acids is 1. The molecule has 560 valence electrons. The Balaban J connectivity index is 1.63. The summed E-state index contributed by atoms with van der Waals surface area (Å²) in [6.45, 7) is 2.72. The molecule has 0 aliphatic carbocycles. The van der Waals surface area contributed by atoms with Gasteiger partial charge >= 0.3 is 0 Å². The van der Waals surface area contributed by atoms with E-state index in [1.807, 2.05) is 6.08 Å². The molecule has 0 aromatic carbocycles. The van der Waals surface area contributed by atoms with Crippen LogP contribution in [-0.2, 0) is 23.7 Å². The molecule has 0 saturated carbocycles. The Bertz CT molecular complexity index is 1890. The van der Waals surface area contributed by atoms with E-state index >= 15 is 0 Å². The summed E-state index contributed by atoms with van der Waals surface area (Å²) in [5, 5.41) is 87.7. The maximum Gasteiger partial charge on any atom is 0.220 e. The number of allylic oxidation sites excluding steroid dienone is 11. The second-order valence-electron chi connectivity index (χ2n) is 28.2. The van der Waals surface area contributed by atoms with Gasteiger partial charge in [0.05, 0.1) is 32.0 Å². The van der Waals surface area contributed by atoms with E-state index in [1.165, 1.54) is 257 Å². The van der Waals surface area contributed by atoms with E-state index in [-0.39, 0.29) is 18.9 Å². The lowest BCUT2D eigenvalue weighted by atomic mass is 9.97. The van der Waals surface area contributed by atoms with E-state index in [9.17, 15) is 45.6 Å². The molecule has 2 aliphatic heterocycles. The molecule has 14 heteroatoms. The summed E-state index contributed by atoms with van der Waals surface area (Å²) in [7, 11) is 0. The van der Waals surface area contributed by atoms with Crippen molar-refractivity contribution in [2.75, 3.05) is 19.8 Å². The van der Waals surface area contributed by atoms with Crippen molar-refractivity contribution in [3.63, 3.8) is 0 Å². The molecule has 12 atom stereocenters. The Morgan fingerprint density at radius 2 is 0.729 bits per heavy atom. The summed E-state index contributed by atoms with van der Waals surface area (Å²) in [5.41, 5.74) is 0. The summed E-state index contributed by atoms with van der Waals surface area (Å²) >= 11 is 0. The van der Waals surface area contributed by atoms with Gasteiger partial charge in [0.1, 0.15) is 48.8 Å². The van der Waals surface area contributed by atoms with Gasteiger partial charge < -0.3 is 65.1 Å². The third-order valence-electron chi connectivity index (χ3n) is 19.4. The van der Waals surface area contributed by atoms with Crippen molar-refractivity contribution in [1.29, 1.82) is 0 Å². The maximum atomic E-state index is 13.4. The van der Waals surface area contributed by atoms with Crippen molar-refractivity contribution < 1.29 is 64.6 Å². The molecule has 2 heterocycles. The van der Waals surface area contributed by atoms with Crippen molar-refractivity contribution in [2.24, 2.45) is 0 Å². The average molecular weight is 1360 g/mol. The molecule has 2 saturated heterocycles. The summed E-state index contributed by atoms with van der Waals surface area (Å²) < 4.78 is 22.9. The van der Waals surface area contributed by atoms with Crippen LogP contribution in [0.2, 0.25) is 0 Å². The number of hydrogen-bond acceptors (Lipinski definition) is 13. The molecule has 0 aromatic heterocycles. The van der Waals surface area contributed by atoms with E-state index in [0.29, 0.717) is 12.8 Å². The summed E-state index contributed by atoms with van der Waals surface area (Å²) in [4.78, 5) is 13.4. The van der Waals surface area contributed by atoms with Crippen LogP contribution in [0.1, 0.15) is 348 Å². The molecule has 9 N–H and O–H groups in total. The van der Waals surface area contributed by atoms with Crippen LogP contribution in [0.15, 0.2) is 72.9 Å². The molecule has 0 spiro atoms. The first kappa shape index (κ1) is 89.5. The van der Waals surface area contributed by atoms with Gasteiger partial charge in [-0.05, 0) is 70.6 Å². The highest BCUT2D eigenvalue weighted by Crippen LogP contribution is 2.30. The van der Waals surface area contributed by atoms with Gasteiger partial charge in [-0.25, -0.2) is 0 Å². The second-order valence-corrected chi connectivity index (χ2v) is 28.2. The predicted molar refractivity (Wildman–Crippen MR) is 397 cm³/mol.